The molecule has 5 aliphatic rings. The number of aliphatic imine (C=N–C) groups is 2. The van der Waals surface area contributed by atoms with Crippen LogP contribution in [-0.2, 0) is 19.2 Å². The van der Waals surface area contributed by atoms with E-state index in [1.165, 1.54) is 44.4 Å². The molecule has 4 aromatic rings. The van der Waals surface area contributed by atoms with Crippen molar-refractivity contribution in [2.24, 2.45) is 15.9 Å². The van der Waals surface area contributed by atoms with Crippen molar-refractivity contribution in [2.45, 2.75) is 95.6 Å². The molecule has 0 bridgehead atoms. The predicted molar refractivity (Wildman–Crippen MR) is 310 cm³/mol. The Morgan fingerprint density at radius 3 is 2.06 bits per heavy atom. The summed E-state index contributed by atoms with van der Waals surface area (Å²) in [6.45, 7) is 10.0. The Bertz CT molecular complexity index is 3370. The number of amides is 6. The first-order chi connectivity index (χ1) is 39.9. The third kappa shape index (κ3) is 12.7. The van der Waals surface area contributed by atoms with Gasteiger partial charge in [0, 0.05) is 81.0 Å². The average Bonchev–Trinajstić information content (AvgIpc) is 2.05. The van der Waals surface area contributed by atoms with Gasteiger partial charge in [0.25, 0.3) is 11.8 Å². The lowest BCUT2D eigenvalue weighted by molar-refractivity contribution is -0.132. The molecule has 0 aliphatic carbocycles. The van der Waals surface area contributed by atoms with Crippen LogP contribution in [0, 0.1) is 11.7 Å². The number of carbonyl (C=O) groups is 6. The minimum absolute atomic E-state index is 0.137. The molecule has 5 atom stereocenters. The van der Waals surface area contributed by atoms with Gasteiger partial charge in [-0.3, -0.25) is 43.7 Å². The summed E-state index contributed by atoms with van der Waals surface area (Å²) in [5, 5.41) is 18.2. The van der Waals surface area contributed by atoms with E-state index in [1.807, 2.05) is 12.1 Å². The molecule has 0 fully saturated rings. The van der Waals surface area contributed by atoms with Gasteiger partial charge in [0.2, 0.25) is 23.6 Å². The van der Waals surface area contributed by atoms with E-state index in [-0.39, 0.29) is 66.5 Å². The zero-order valence-corrected chi connectivity index (χ0v) is 47.1. The molecule has 2 unspecified atom stereocenters. The topological polar surface area (TPSA) is 239 Å². The van der Waals surface area contributed by atoms with Crippen LogP contribution in [0.1, 0.15) is 97.6 Å². The van der Waals surface area contributed by atoms with Crippen LogP contribution in [0.4, 0.5) is 21.5 Å². The maximum Gasteiger partial charge on any atom is 0.261 e. The summed E-state index contributed by atoms with van der Waals surface area (Å²) in [5.74, 6) is -1.32. The summed E-state index contributed by atoms with van der Waals surface area (Å²) in [5.41, 5.74) is 3.94. The summed E-state index contributed by atoms with van der Waals surface area (Å²) < 4.78 is 43.3. The van der Waals surface area contributed by atoms with Gasteiger partial charge in [-0.25, -0.2) is 4.39 Å². The standard InChI is InChI=1S/C62H67FN8O12/c1-8-62-31-41(38-14-17-42(18-15-38)67-58(75)37(4)66-59(76)57(36(2)3)68-54(72)13-10-9-11-22-69-55(73)20-21-56(69)74)34-71(62)61(78)45-28-51(81-7)53(30-48(45)65-35-62)83-24-12-23-82-52-29-47-44(27-50(52)80-6)60(77)70-33-40(25-43(70)32-64-47)39-16-19-49(79-5)46(63)26-39/h8,14-21,26-30,32-37,43,55,57,73H,1,9-13,22-25,31H2,2-7H3,(H,66,76)(H,67,75)(H,68,72)/t37-,43-,55?,57-,62?/m0/s1. The van der Waals surface area contributed by atoms with E-state index in [1.54, 1.807) is 110 Å². The third-order valence-electron chi connectivity index (χ3n) is 15.1. The average molecular weight is 1140 g/mol. The number of benzene rings is 4. The van der Waals surface area contributed by atoms with E-state index >= 15 is 0 Å². The fourth-order valence-corrected chi connectivity index (χ4v) is 10.4. The van der Waals surface area contributed by atoms with Gasteiger partial charge in [-0.05, 0) is 90.4 Å². The molecule has 83 heavy (non-hydrogen) atoms. The molecule has 5 heterocycles. The van der Waals surface area contributed by atoms with E-state index in [4.69, 9.17) is 28.7 Å². The SMILES string of the molecule is C=CC12C=Nc3cc(OCCCOc4cc5c(cc4OC)C(=O)N4C=C(c6ccc(OC)c(F)c6)C[C@H]4C=N5)c(OC)cc3C(=O)N1C=C(c1ccc(NC(=O)[C@H](C)NC(=O)[C@@H](NC(=O)CCCCCN3C(=O)C=CC3O)C(C)C)cc1)C2. The number of rotatable bonds is 24. The van der Waals surface area contributed by atoms with E-state index in [0.717, 1.165) is 16.7 Å². The first-order valence-corrected chi connectivity index (χ1v) is 27.5. The van der Waals surface area contributed by atoms with E-state index in [9.17, 15) is 38.3 Å². The number of hydrogen-bond donors (Lipinski definition) is 4. The lowest BCUT2D eigenvalue weighted by Crippen LogP contribution is -2.53. The summed E-state index contributed by atoms with van der Waals surface area (Å²) in [6, 6.07) is 16.2. The molecular formula is C62H67FN8O12. The number of nitrogens with one attached hydrogen (secondary N) is 3. The molecule has 0 saturated carbocycles. The molecule has 20 nitrogen and oxygen atoms in total. The van der Waals surface area contributed by atoms with Gasteiger partial charge in [0.1, 0.15) is 23.9 Å². The number of anilines is 1. The predicted octanol–water partition coefficient (Wildman–Crippen LogP) is 8.06. The van der Waals surface area contributed by atoms with Gasteiger partial charge in [-0.15, -0.1) is 6.58 Å². The summed E-state index contributed by atoms with van der Waals surface area (Å²) in [4.78, 5) is 93.6. The largest absolute Gasteiger partial charge is 0.494 e. The second kappa shape index (κ2) is 25.4. The molecule has 9 rings (SSSR count). The number of aliphatic hydroxyl groups excluding tert-OH is 1. The minimum atomic E-state index is -1.00. The molecule has 0 spiro atoms. The van der Waals surface area contributed by atoms with Crippen molar-refractivity contribution in [3.05, 3.63) is 132 Å². The molecule has 434 valence electrons. The number of aliphatic hydroxyl groups is 1. The number of methoxy groups -OCH3 is 3. The lowest BCUT2D eigenvalue weighted by atomic mass is 9.91. The van der Waals surface area contributed by atoms with Gasteiger partial charge in [0.05, 0.1) is 63.1 Å². The van der Waals surface area contributed by atoms with E-state index in [0.29, 0.717) is 96.3 Å². The second-order valence-corrected chi connectivity index (χ2v) is 21.0. The van der Waals surface area contributed by atoms with Crippen LogP contribution in [-0.4, -0.2) is 139 Å². The van der Waals surface area contributed by atoms with Crippen molar-refractivity contribution in [1.29, 1.82) is 0 Å². The van der Waals surface area contributed by atoms with E-state index < -0.39 is 41.5 Å². The number of halogens is 1. The number of hydrogen-bond acceptors (Lipinski definition) is 14. The molecule has 0 radical (unpaired) electrons. The van der Waals surface area contributed by atoms with Gasteiger partial charge in [-0.2, -0.15) is 0 Å². The Morgan fingerprint density at radius 1 is 0.771 bits per heavy atom. The van der Waals surface area contributed by atoms with Crippen molar-refractivity contribution in [1.82, 2.24) is 25.3 Å². The van der Waals surface area contributed by atoms with Crippen LogP contribution < -0.4 is 39.6 Å². The molecule has 0 aromatic heterocycles. The molecular weight excluding hydrogens is 1070 g/mol. The first kappa shape index (κ1) is 58.5. The quantitative estimate of drug-likeness (QED) is 0.0385. The van der Waals surface area contributed by atoms with Crippen molar-refractivity contribution in [3.8, 4) is 28.7 Å². The highest BCUT2D eigenvalue weighted by Crippen LogP contribution is 2.45. The van der Waals surface area contributed by atoms with Crippen LogP contribution in [0.2, 0.25) is 0 Å². The van der Waals surface area contributed by atoms with E-state index in [2.05, 4.69) is 27.5 Å². The van der Waals surface area contributed by atoms with Crippen molar-refractivity contribution in [3.63, 3.8) is 0 Å². The summed E-state index contributed by atoms with van der Waals surface area (Å²) >= 11 is 0. The highest BCUT2D eigenvalue weighted by atomic mass is 19.1. The number of nitrogens with zero attached hydrogens (tertiary/aromatic N) is 5. The molecule has 6 amide bonds. The van der Waals surface area contributed by atoms with Crippen LogP contribution >= 0.6 is 0 Å². The monoisotopic (exact) mass is 1130 g/mol. The highest BCUT2D eigenvalue weighted by molar-refractivity contribution is 6.08. The maximum absolute atomic E-state index is 14.5. The normalized spacial score (nSPS) is 19.1. The number of fused-ring (bicyclic) bond motifs is 4. The number of carbonyl (C=O) groups excluding carboxylic acids is 6. The zero-order chi connectivity index (χ0) is 59.1. The molecule has 0 saturated heterocycles. The minimum Gasteiger partial charge on any atom is -0.494 e. The Hall–Kier alpha value is -9.11. The number of unbranched alkanes of at least 4 members (excludes halogenated alkanes) is 2. The summed E-state index contributed by atoms with van der Waals surface area (Å²) in [7, 11) is 4.37. The van der Waals surface area contributed by atoms with Gasteiger partial charge >= 0.3 is 0 Å². The fraction of sp³-hybridized carbons (Fsp3) is 0.355. The first-order valence-electron chi connectivity index (χ1n) is 27.5. The van der Waals surface area contributed by atoms with Crippen molar-refractivity contribution < 1.29 is 61.9 Å². The lowest BCUT2D eigenvalue weighted by Gasteiger charge is -2.30. The Balaban J connectivity index is 0.764. The number of ether oxygens (including phenoxy) is 5. The zero-order valence-electron chi connectivity index (χ0n) is 47.1. The smallest absolute Gasteiger partial charge is 0.261 e. The van der Waals surface area contributed by atoms with Crippen LogP contribution in [0.5, 0.6) is 28.7 Å². The molecule has 5 aliphatic heterocycles. The van der Waals surface area contributed by atoms with Gasteiger partial charge in [0.15, 0.2) is 34.6 Å². The van der Waals surface area contributed by atoms with Crippen molar-refractivity contribution >= 4 is 76.1 Å². The second-order valence-electron chi connectivity index (χ2n) is 21.0. The summed E-state index contributed by atoms with van der Waals surface area (Å²) in [6.07, 6.45) is 13.6. The Kier molecular flexibility index (Phi) is 17.9. The van der Waals surface area contributed by atoms with Gasteiger partial charge < -0.3 is 54.5 Å². The fourth-order valence-electron chi connectivity index (χ4n) is 10.4. The van der Waals surface area contributed by atoms with Crippen LogP contribution in [0.3, 0.4) is 0 Å². The maximum atomic E-state index is 14.5. The Morgan fingerprint density at radius 2 is 1.43 bits per heavy atom. The molecule has 21 heteroatoms. The third-order valence-corrected chi connectivity index (χ3v) is 15.1. The highest BCUT2D eigenvalue weighted by Gasteiger charge is 2.44. The van der Waals surface area contributed by atoms with Crippen LogP contribution in [0.25, 0.3) is 11.1 Å². The van der Waals surface area contributed by atoms with Crippen molar-refractivity contribution in [2.75, 3.05) is 46.4 Å². The molecule has 4 aromatic carbocycles. The van der Waals surface area contributed by atoms with Gasteiger partial charge in [-0.1, -0.05) is 44.5 Å². The Labute approximate surface area is 480 Å². The molecule has 4 N–H and O–H groups in total. The van der Waals surface area contributed by atoms with Crippen LogP contribution in [0.15, 0.2) is 114 Å².